The molecule has 26 heavy (non-hydrogen) atoms. The Kier molecular flexibility index (Phi) is 4.93. The van der Waals surface area contributed by atoms with Crippen molar-refractivity contribution >= 4 is 28.6 Å². The van der Waals surface area contributed by atoms with Gasteiger partial charge in [-0.3, -0.25) is 4.79 Å². The van der Waals surface area contributed by atoms with Gasteiger partial charge in [-0.1, -0.05) is 60.5 Å². The molecule has 3 nitrogen and oxygen atoms in total. The fourth-order valence-corrected chi connectivity index (χ4v) is 4.29. The molecule has 132 valence electrons. The van der Waals surface area contributed by atoms with Gasteiger partial charge in [0, 0.05) is 16.3 Å². The van der Waals surface area contributed by atoms with Crippen molar-refractivity contribution in [2.24, 2.45) is 0 Å². The third-order valence-corrected chi connectivity index (χ3v) is 5.80. The summed E-state index contributed by atoms with van der Waals surface area (Å²) in [5, 5.41) is 4.97. The molecule has 1 amide bonds. The van der Waals surface area contributed by atoms with Gasteiger partial charge < -0.3 is 5.32 Å². The number of aryl methyl sites for hydroxylation is 1. The molecule has 1 fully saturated rings. The maximum Gasteiger partial charge on any atom is 0.252 e. The van der Waals surface area contributed by atoms with Gasteiger partial charge in [0.15, 0.2) is 0 Å². The minimum Gasteiger partial charge on any atom is -0.349 e. The van der Waals surface area contributed by atoms with E-state index in [4.69, 9.17) is 4.98 Å². The molecule has 1 N–H and O–H groups in total. The largest absolute Gasteiger partial charge is 0.349 e. The fourth-order valence-electron chi connectivity index (χ4n) is 3.45. The number of amides is 1. The summed E-state index contributed by atoms with van der Waals surface area (Å²) in [5.41, 5.74) is 2.82. The van der Waals surface area contributed by atoms with Crippen LogP contribution in [0.3, 0.4) is 0 Å². The number of pyridine rings is 1. The van der Waals surface area contributed by atoms with Gasteiger partial charge in [-0.25, -0.2) is 4.98 Å². The maximum absolute atomic E-state index is 12.9. The highest BCUT2D eigenvalue weighted by atomic mass is 32.2. The number of carbonyl (C=O) groups excluding carboxylic acids is 1. The van der Waals surface area contributed by atoms with Gasteiger partial charge in [-0.05, 0) is 44.0 Å². The number of rotatable bonds is 4. The van der Waals surface area contributed by atoms with Crippen molar-refractivity contribution < 1.29 is 4.79 Å². The summed E-state index contributed by atoms with van der Waals surface area (Å²) in [4.78, 5) is 18.8. The molecule has 0 spiro atoms. The Balaban J connectivity index is 1.68. The molecule has 2 aromatic carbocycles. The second kappa shape index (κ2) is 7.50. The fraction of sp³-hybridized carbons (Fsp3) is 0.273. The Morgan fingerprint density at radius 3 is 2.58 bits per heavy atom. The second-order valence-electron chi connectivity index (χ2n) is 6.90. The monoisotopic (exact) mass is 362 g/mol. The molecular formula is C22H22N2OS. The molecular weight excluding hydrogens is 340 g/mol. The smallest absolute Gasteiger partial charge is 0.252 e. The SMILES string of the molecule is Cc1ccc(Sc2cc(C(=O)NC3CCCC3)c3ccccc3n2)cc1. The third kappa shape index (κ3) is 3.75. The molecule has 0 saturated heterocycles. The molecule has 1 aliphatic rings. The van der Waals surface area contributed by atoms with E-state index in [2.05, 4.69) is 36.5 Å². The van der Waals surface area contributed by atoms with Crippen LogP contribution < -0.4 is 5.32 Å². The van der Waals surface area contributed by atoms with Gasteiger partial charge in [0.25, 0.3) is 5.91 Å². The van der Waals surface area contributed by atoms with Gasteiger partial charge >= 0.3 is 0 Å². The summed E-state index contributed by atoms with van der Waals surface area (Å²) < 4.78 is 0. The summed E-state index contributed by atoms with van der Waals surface area (Å²) in [6, 6.07) is 18.5. The van der Waals surface area contributed by atoms with Crippen molar-refractivity contribution in [3.8, 4) is 0 Å². The quantitative estimate of drug-likeness (QED) is 0.679. The standard InChI is InChI=1S/C22H22N2OS/c1-15-10-12-17(13-11-15)26-21-14-19(18-8-4-5-9-20(18)24-21)22(25)23-16-6-2-3-7-16/h4-5,8-14,16H,2-3,6-7H2,1H3,(H,23,25). The van der Waals surface area contributed by atoms with Gasteiger partial charge in [0.2, 0.25) is 0 Å². The van der Waals surface area contributed by atoms with E-state index in [9.17, 15) is 4.79 Å². The molecule has 0 atom stereocenters. The first-order chi connectivity index (χ1) is 12.7. The topological polar surface area (TPSA) is 42.0 Å². The molecule has 1 heterocycles. The number of benzene rings is 2. The summed E-state index contributed by atoms with van der Waals surface area (Å²) in [5.74, 6) is 0.0151. The number of hydrogen-bond acceptors (Lipinski definition) is 3. The van der Waals surface area contributed by atoms with Crippen molar-refractivity contribution in [1.29, 1.82) is 0 Å². The van der Waals surface area contributed by atoms with E-state index in [1.165, 1.54) is 18.4 Å². The number of hydrogen-bond donors (Lipinski definition) is 1. The lowest BCUT2D eigenvalue weighted by molar-refractivity contribution is 0.0939. The number of para-hydroxylation sites is 1. The van der Waals surface area contributed by atoms with Crippen LogP contribution in [0.1, 0.15) is 41.6 Å². The van der Waals surface area contributed by atoms with E-state index in [-0.39, 0.29) is 5.91 Å². The summed E-state index contributed by atoms with van der Waals surface area (Å²) in [6.45, 7) is 2.08. The van der Waals surface area contributed by atoms with Crippen molar-refractivity contribution in [3.63, 3.8) is 0 Å². The Morgan fingerprint density at radius 2 is 1.81 bits per heavy atom. The molecule has 0 unspecified atom stereocenters. The Morgan fingerprint density at radius 1 is 1.08 bits per heavy atom. The Labute approximate surface area is 158 Å². The van der Waals surface area contributed by atoms with Crippen LogP contribution in [0, 0.1) is 6.92 Å². The molecule has 1 aliphatic carbocycles. The van der Waals surface area contributed by atoms with Gasteiger partial charge in [0.05, 0.1) is 11.1 Å². The van der Waals surface area contributed by atoms with Crippen molar-refractivity contribution in [2.45, 2.75) is 48.6 Å². The predicted octanol–water partition coefficient (Wildman–Crippen LogP) is 5.37. The minimum absolute atomic E-state index is 0.0151. The molecule has 0 aliphatic heterocycles. The summed E-state index contributed by atoms with van der Waals surface area (Å²) >= 11 is 1.59. The van der Waals surface area contributed by atoms with E-state index in [1.807, 2.05) is 30.3 Å². The number of nitrogens with zero attached hydrogens (tertiary/aromatic N) is 1. The van der Waals surface area contributed by atoms with E-state index in [1.54, 1.807) is 11.8 Å². The van der Waals surface area contributed by atoms with E-state index < -0.39 is 0 Å². The number of aromatic nitrogens is 1. The van der Waals surface area contributed by atoms with Crippen LogP contribution in [-0.4, -0.2) is 16.9 Å². The average molecular weight is 362 g/mol. The first-order valence-electron chi connectivity index (χ1n) is 9.14. The van der Waals surface area contributed by atoms with Crippen molar-refractivity contribution in [3.05, 3.63) is 65.7 Å². The van der Waals surface area contributed by atoms with Crippen molar-refractivity contribution in [2.75, 3.05) is 0 Å². The van der Waals surface area contributed by atoms with Crippen LogP contribution >= 0.6 is 11.8 Å². The zero-order valence-corrected chi connectivity index (χ0v) is 15.7. The Bertz CT molecular complexity index is 931. The number of fused-ring (bicyclic) bond motifs is 1. The molecule has 3 aromatic rings. The van der Waals surface area contributed by atoms with Crippen LogP contribution in [-0.2, 0) is 0 Å². The maximum atomic E-state index is 12.9. The normalized spacial score (nSPS) is 14.7. The van der Waals surface area contributed by atoms with Crippen LogP contribution in [0.5, 0.6) is 0 Å². The van der Waals surface area contributed by atoms with Gasteiger partial charge in [-0.15, -0.1) is 0 Å². The van der Waals surface area contributed by atoms with Gasteiger partial charge in [-0.2, -0.15) is 0 Å². The highest BCUT2D eigenvalue weighted by Gasteiger charge is 2.20. The molecule has 0 radical (unpaired) electrons. The zero-order valence-electron chi connectivity index (χ0n) is 14.9. The Hall–Kier alpha value is -2.33. The lowest BCUT2D eigenvalue weighted by Gasteiger charge is -2.14. The number of carbonyl (C=O) groups is 1. The van der Waals surface area contributed by atoms with Crippen LogP contribution in [0.25, 0.3) is 10.9 Å². The minimum atomic E-state index is 0.0151. The molecule has 0 bridgehead atoms. The predicted molar refractivity (Wildman–Crippen MR) is 107 cm³/mol. The summed E-state index contributed by atoms with van der Waals surface area (Å²) in [6.07, 6.45) is 4.58. The number of nitrogens with one attached hydrogen (secondary N) is 1. The molecule has 4 heteroatoms. The average Bonchev–Trinajstić information content (AvgIpc) is 3.16. The van der Waals surface area contributed by atoms with Crippen LogP contribution in [0.2, 0.25) is 0 Å². The lowest BCUT2D eigenvalue weighted by Crippen LogP contribution is -2.32. The van der Waals surface area contributed by atoms with Crippen LogP contribution in [0.15, 0.2) is 64.5 Å². The lowest BCUT2D eigenvalue weighted by atomic mass is 10.1. The highest BCUT2D eigenvalue weighted by Crippen LogP contribution is 2.30. The molecule has 1 saturated carbocycles. The third-order valence-electron chi connectivity index (χ3n) is 4.87. The van der Waals surface area contributed by atoms with E-state index in [0.29, 0.717) is 6.04 Å². The van der Waals surface area contributed by atoms with E-state index >= 15 is 0 Å². The first kappa shape index (κ1) is 17.1. The van der Waals surface area contributed by atoms with Crippen LogP contribution in [0.4, 0.5) is 0 Å². The molecule has 4 rings (SSSR count). The summed E-state index contributed by atoms with van der Waals surface area (Å²) in [7, 11) is 0. The van der Waals surface area contributed by atoms with Gasteiger partial charge in [0.1, 0.15) is 5.03 Å². The second-order valence-corrected chi connectivity index (χ2v) is 7.99. The van der Waals surface area contributed by atoms with E-state index in [0.717, 1.165) is 39.2 Å². The highest BCUT2D eigenvalue weighted by molar-refractivity contribution is 7.99. The van der Waals surface area contributed by atoms with Crippen molar-refractivity contribution in [1.82, 2.24) is 10.3 Å². The molecule has 1 aromatic heterocycles. The zero-order chi connectivity index (χ0) is 17.9. The first-order valence-corrected chi connectivity index (χ1v) is 9.96.